The molecule has 5 nitrogen and oxygen atoms in total. The molecule has 0 radical (unpaired) electrons. The Morgan fingerprint density at radius 2 is 1.86 bits per heavy atom. The smallest absolute Gasteiger partial charge is 0.335 e. The van der Waals surface area contributed by atoms with Gasteiger partial charge >= 0.3 is 5.97 Å². The zero-order valence-corrected chi connectivity index (χ0v) is 12.8. The van der Waals surface area contributed by atoms with E-state index in [-0.39, 0.29) is 21.9 Å². The quantitative estimate of drug-likeness (QED) is 0.768. The highest BCUT2D eigenvalue weighted by atomic mass is 79.9. The summed E-state index contributed by atoms with van der Waals surface area (Å²) in [6.45, 7) is 0. The van der Waals surface area contributed by atoms with Crippen molar-refractivity contribution in [2.24, 2.45) is 0 Å². The summed E-state index contributed by atoms with van der Waals surface area (Å²) in [5.74, 6) is -1.75. The van der Waals surface area contributed by atoms with Gasteiger partial charge in [0, 0.05) is 4.47 Å². The molecule has 2 aromatic rings. The lowest BCUT2D eigenvalue weighted by Gasteiger charge is -2.09. The Morgan fingerprint density at radius 3 is 2.52 bits per heavy atom. The number of aromatic carboxylic acids is 1. The van der Waals surface area contributed by atoms with Crippen LogP contribution >= 0.6 is 27.5 Å². The van der Waals surface area contributed by atoms with Crippen LogP contribution in [0.1, 0.15) is 20.7 Å². The van der Waals surface area contributed by atoms with Crippen LogP contribution in [0.4, 0.5) is 5.69 Å². The zero-order valence-electron chi connectivity index (χ0n) is 10.4. The molecule has 2 rings (SSSR count). The van der Waals surface area contributed by atoms with Crippen molar-refractivity contribution in [1.29, 1.82) is 0 Å². The van der Waals surface area contributed by atoms with Gasteiger partial charge in [-0.3, -0.25) is 4.79 Å². The minimum Gasteiger partial charge on any atom is -0.508 e. The van der Waals surface area contributed by atoms with Crippen molar-refractivity contribution in [3.05, 3.63) is 57.0 Å². The molecule has 0 bridgehead atoms. The first kappa shape index (κ1) is 15.3. The minimum absolute atomic E-state index is 0.0375. The molecule has 0 spiro atoms. The molecule has 0 aliphatic rings. The summed E-state index contributed by atoms with van der Waals surface area (Å²) >= 11 is 9.12. The number of rotatable bonds is 3. The fraction of sp³-hybridized carbons (Fsp3) is 0. The molecule has 0 saturated carbocycles. The van der Waals surface area contributed by atoms with E-state index in [0.29, 0.717) is 10.2 Å². The molecule has 2 aromatic carbocycles. The summed E-state index contributed by atoms with van der Waals surface area (Å²) < 4.78 is 0.525. The molecule has 0 unspecified atom stereocenters. The van der Waals surface area contributed by atoms with Crippen LogP contribution in [0.15, 0.2) is 40.9 Å². The first-order valence-electron chi connectivity index (χ1n) is 5.71. The number of carboxylic acids is 1. The monoisotopic (exact) mass is 369 g/mol. The Balaban J connectivity index is 2.33. The molecule has 3 N–H and O–H groups in total. The lowest BCUT2D eigenvalue weighted by atomic mass is 10.1. The number of amides is 1. The standard InChI is InChI=1S/C14H9BrClNO4/c15-10-3-1-7(14(20)21)5-12(10)17-13(19)9-6-8(18)2-4-11(9)16/h1-6,18H,(H,17,19)(H,20,21). The maximum Gasteiger partial charge on any atom is 0.335 e. The number of anilines is 1. The molecule has 0 fully saturated rings. The van der Waals surface area contributed by atoms with Gasteiger partial charge in [-0.25, -0.2) is 4.79 Å². The molecule has 108 valence electrons. The Hall–Kier alpha value is -2.05. The number of hydrogen-bond acceptors (Lipinski definition) is 3. The summed E-state index contributed by atoms with van der Waals surface area (Å²) in [5.41, 5.74) is 0.416. The molecule has 21 heavy (non-hydrogen) atoms. The van der Waals surface area contributed by atoms with E-state index in [1.165, 1.54) is 36.4 Å². The molecule has 0 aliphatic carbocycles. The molecule has 0 saturated heterocycles. The van der Waals surface area contributed by atoms with Crippen molar-refractivity contribution in [1.82, 2.24) is 0 Å². The topological polar surface area (TPSA) is 86.6 Å². The number of carbonyl (C=O) groups is 2. The van der Waals surface area contributed by atoms with Gasteiger partial charge in [0.1, 0.15) is 5.75 Å². The van der Waals surface area contributed by atoms with Gasteiger partial charge in [0.2, 0.25) is 0 Å². The maximum atomic E-state index is 12.1. The van der Waals surface area contributed by atoms with Crippen LogP contribution in [-0.2, 0) is 0 Å². The molecule has 0 aliphatic heterocycles. The number of carboxylic acid groups (broad SMARTS) is 1. The Kier molecular flexibility index (Phi) is 4.50. The number of benzene rings is 2. The largest absolute Gasteiger partial charge is 0.508 e. The second-order valence-electron chi connectivity index (χ2n) is 4.12. The first-order chi connectivity index (χ1) is 9.88. The van der Waals surface area contributed by atoms with Crippen LogP contribution in [0.2, 0.25) is 5.02 Å². The van der Waals surface area contributed by atoms with E-state index in [0.717, 1.165) is 0 Å². The summed E-state index contributed by atoms with van der Waals surface area (Å²) in [4.78, 5) is 23.1. The Labute approximate surface area is 133 Å². The van der Waals surface area contributed by atoms with E-state index in [1.807, 2.05) is 0 Å². The van der Waals surface area contributed by atoms with Crippen LogP contribution < -0.4 is 5.32 Å². The summed E-state index contributed by atoms with van der Waals surface area (Å²) in [5, 5.41) is 21.1. The van der Waals surface area contributed by atoms with Gasteiger partial charge in [0.25, 0.3) is 5.91 Å². The second kappa shape index (κ2) is 6.15. The lowest BCUT2D eigenvalue weighted by molar-refractivity contribution is 0.0696. The average molecular weight is 371 g/mol. The lowest BCUT2D eigenvalue weighted by Crippen LogP contribution is -2.13. The number of phenols is 1. The van der Waals surface area contributed by atoms with E-state index in [4.69, 9.17) is 16.7 Å². The number of nitrogens with one attached hydrogen (secondary N) is 1. The van der Waals surface area contributed by atoms with Gasteiger partial charge in [0.05, 0.1) is 21.8 Å². The third-order valence-electron chi connectivity index (χ3n) is 2.66. The molecule has 1 amide bonds. The summed E-state index contributed by atoms with van der Waals surface area (Å²) in [6, 6.07) is 8.23. The molecule has 0 atom stereocenters. The van der Waals surface area contributed by atoms with Gasteiger partial charge in [-0.15, -0.1) is 0 Å². The van der Waals surface area contributed by atoms with Gasteiger partial charge < -0.3 is 15.5 Å². The first-order valence-corrected chi connectivity index (χ1v) is 6.88. The highest BCUT2D eigenvalue weighted by Gasteiger charge is 2.14. The molecular formula is C14H9BrClNO4. The van der Waals surface area contributed by atoms with E-state index in [1.54, 1.807) is 0 Å². The van der Waals surface area contributed by atoms with Crippen molar-refractivity contribution in [3.63, 3.8) is 0 Å². The average Bonchev–Trinajstić information content (AvgIpc) is 2.43. The van der Waals surface area contributed by atoms with E-state index >= 15 is 0 Å². The number of phenolic OH excluding ortho intramolecular Hbond substituents is 1. The van der Waals surface area contributed by atoms with Gasteiger partial charge in [-0.2, -0.15) is 0 Å². The highest BCUT2D eigenvalue weighted by Crippen LogP contribution is 2.26. The third-order valence-corrected chi connectivity index (χ3v) is 3.68. The zero-order chi connectivity index (χ0) is 15.6. The number of hydrogen-bond donors (Lipinski definition) is 3. The minimum atomic E-state index is -1.10. The SMILES string of the molecule is O=C(O)c1ccc(Br)c(NC(=O)c2cc(O)ccc2Cl)c1. The molecule has 0 aromatic heterocycles. The highest BCUT2D eigenvalue weighted by molar-refractivity contribution is 9.10. The van der Waals surface area contributed by atoms with Crippen molar-refractivity contribution in [2.45, 2.75) is 0 Å². The number of aromatic hydroxyl groups is 1. The predicted octanol–water partition coefficient (Wildman–Crippen LogP) is 3.76. The predicted molar refractivity (Wildman–Crippen MR) is 82.2 cm³/mol. The van der Waals surface area contributed by atoms with Crippen molar-refractivity contribution < 1.29 is 19.8 Å². The summed E-state index contributed by atoms with van der Waals surface area (Å²) in [7, 11) is 0. The van der Waals surface area contributed by atoms with Gasteiger partial charge in [-0.1, -0.05) is 11.6 Å². The van der Waals surface area contributed by atoms with Gasteiger partial charge in [0.15, 0.2) is 0 Å². The second-order valence-corrected chi connectivity index (χ2v) is 5.38. The van der Waals surface area contributed by atoms with E-state index < -0.39 is 11.9 Å². The summed E-state index contributed by atoms with van der Waals surface area (Å²) in [6.07, 6.45) is 0. The van der Waals surface area contributed by atoms with Crippen molar-refractivity contribution >= 4 is 45.1 Å². The fourth-order valence-corrected chi connectivity index (χ4v) is 2.18. The number of carbonyl (C=O) groups excluding carboxylic acids is 1. The number of halogens is 2. The van der Waals surface area contributed by atoms with Crippen LogP contribution in [0.5, 0.6) is 5.75 Å². The Morgan fingerprint density at radius 1 is 1.14 bits per heavy atom. The van der Waals surface area contributed by atoms with Crippen molar-refractivity contribution in [2.75, 3.05) is 5.32 Å². The van der Waals surface area contributed by atoms with Crippen LogP contribution in [0, 0.1) is 0 Å². The third kappa shape index (κ3) is 3.53. The van der Waals surface area contributed by atoms with Crippen LogP contribution in [-0.4, -0.2) is 22.1 Å². The molecule has 0 heterocycles. The van der Waals surface area contributed by atoms with Gasteiger partial charge in [-0.05, 0) is 52.3 Å². The van der Waals surface area contributed by atoms with Crippen molar-refractivity contribution in [3.8, 4) is 5.75 Å². The normalized spacial score (nSPS) is 10.2. The molecular weight excluding hydrogens is 362 g/mol. The van der Waals surface area contributed by atoms with E-state index in [9.17, 15) is 14.7 Å². The van der Waals surface area contributed by atoms with E-state index in [2.05, 4.69) is 21.2 Å². The Bertz CT molecular complexity index is 733. The molecule has 7 heteroatoms. The van der Waals surface area contributed by atoms with Crippen LogP contribution in [0.25, 0.3) is 0 Å². The fourth-order valence-electron chi connectivity index (χ4n) is 1.63. The maximum absolute atomic E-state index is 12.1. The van der Waals surface area contributed by atoms with Crippen LogP contribution in [0.3, 0.4) is 0 Å².